The van der Waals surface area contributed by atoms with Gasteiger partial charge in [0.1, 0.15) is 29.5 Å². The van der Waals surface area contributed by atoms with Gasteiger partial charge in [0, 0.05) is 23.9 Å². The quantitative estimate of drug-likeness (QED) is 0.530. The Morgan fingerprint density at radius 2 is 1.93 bits per heavy atom. The fourth-order valence-corrected chi connectivity index (χ4v) is 3.32. The van der Waals surface area contributed by atoms with Crippen LogP contribution in [-0.2, 0) is 17.9 Å². The van der Waals surface area contributed by atoms with Crippen molar-refractivity contribution in [2.75, 3.05) is 12.3 Å². The number of halogens is 1. The average Bonchev–Trinajstić information content (AvgIpc) is 3.31. The van der Waals surface area contributed by atoms with Crippen LogP contribution in [0, 0.1) is 19.7 Å². The van der Waals surface area contributed by atoms with Gasteiger partial charge in [0.2, 0.25) is 0 Å². The third-order valence-corrected chi connectivity index (χ3v) is 4.92. The molecule has 4 aromatic rings. The molecule has 0 spiro atoms. The fraction of sp³-hybridized carbons (Fsp3) is 0.286. The maximum atomic E-state index is 13.2. The summed E-state index contributed by atoms with van der Waals surface area (Å²) in [5, 5.41) is 4.13. The molecule has 0 unspecified atom stereocenters. The number of fused-ring (bicyclic) bond motifs is 1. The summed E-state index contributed by atoms with van der Waals surface area (Å²) in [4.78, 5) is 9.06. The van der Waals surface area contributed by atoms with Crippen molar-refractivity contribution < 1.29 is 13.7 Å². The lowest BCUT2D eigenvalue weighted by Crippen LogP contribution is -2.08. The van der Waals surface area contributed by atoms with Gasteiger partial charge in [-0.25, -0.2) is 14.4 Å². The number of hydrogen-bond donors (Lipinski definition) is 1. The van der Waals surface area contributed by atoms with E-state index in [-0.39, 0.29) is 5.82 Å². The Bertz CT molecular complexity index is 1160. The molecule has 0 fully saturated rings. The lowest BCUT2D eigenvalue weighted by molar-refractivity contribution is 0.126. The minimum Gasteiger partial charge on any atom is -0.382 e. The molecular weight excluding hydrogens is 373 g/mol. The van der Waals surface area contributed by atoms with Crippen LogP contribution in [0.25, 0.3) is 22.3 Å². The Labute approximate surface area is 167 Å². The standard InChI is InChI=1S/C21H22FN5O2/c1-4-28-11-18-25-19-20(12(2)13(3)24-21(19)23)27(18)10-16-9-17(26-29-16)14-5-7-15(22)8-6-14/h5-9H,4,10-11H2,1-3H3,(H2,23,24). The van der Waals surface area contributed by atoms with Crippen LogP contribution in [-0.4, -0.2) is 26.3 Å². The van der Waals surface area contributed by atoms with Crippen molar-refractivity contribution in [2.24, 2.45) is 0 Å². The number of benzene rings is 1. The highest BCUT2D eigenvalue weighted by atomic mass is 19.1. The number of anilines is 1. The van der Waals surface area contributed by atoms with Crippen molar-refractivity contribution in [3.63, 3.8) is 0 Å². The van der Waals surface area contributed by atoms with Gasteiger partial charge in [0.25, 0.3) is 0 Å². The number of aryl methyl sites for hydroxylation is 2. The summed E-state index contributed by atoms with van der Waals surface area (Å²) >= 11 is 0. The first-order valence-electron chi connectivity index (χ1n) is 9.39. The summed E-state index contributed by atoms with van der Waals surface area (Å²) < 4.78 is 26.4. The molecule has 8 heteroatoms. The molecular formula is C21H22FN5O2. The van der Waals surface area contributed by atoms with Crippen molar-refractivity contribution in [1.29, 1.82) is 0 Å². The van der Waals surface area contributed by atoms with Crippen LogP contribution in [0.3, 0.4) is 0 Å². The molecule has 0 bridgehead atoms. The Kier molecular flexibility index (Phi) is 5.02. The first-order valence-corrected chi connectivity index (χ1v) is 9.39. The van der Waals surface area contributed by atoms with Gasteiger partial charge >= 0.3 is 0 Å². The van der Waals surface area contributed by atoms with E-state index in [1.54, 1.807) is 12.1 Å². The van der Waals surface area contributed by atoms with Crippen LogP contribution < -0.4 is 5.73 Å². The maximum Gasteiger partial charge on any atom is 0.157 e. The van der Waals surface area contributed by atoms with Crippen LogP contribution in [0.4, 0.5) is 10.2 Å². The summed E-state index contributed by atoms with van der Waals surface area (Å²) in [6.07, 6.45) is 0. The van der Waals surface area contributed by atoms with Crippen LogP contribution in [0.1, 0.15) is 29.8 Å². The van der Waals surface area contributed by atoms with Crippen LogP contribution in [0.5, 0.6) is 0 Å². The first kappa shape index (κ1) is 19.1. The number of imidazole rings is 1. The van der Waals surface area contributed by atoms with Crippen molar-refractivity contribution in [3.05, 3.63) is 59.0 Å². The number of nitrogens with two attached hydrogens (primary N) is 1. The van der Waals surface area contributed by atoms with Gasteiger partial charge in [-0.2, -0.15) is 0 Å². The summed E-state index contributed by atoms with van der Waals surface area (Å²) in [5.41, 5.74) is 11.0. The summed E-state index contributed by atoms with van der Waals surface area (Å²) in [7, 11) is 0. The van der Waals surface area contributed by atoms with Gasteiger partial charge in [-0.15, -0.1) is 0 Å². The molecule has 7 nitrogen and oxygen atoms in total. The van der Waals surface area contributed by atoms with E-state index >= 15 is 0 Å². The van der Waals surface area contributed by atoms with Crippen LogP contribution in [0.2, 0.25) is 0 Å². The molecule has 29 heavy (non-hydrogen) atoms. The summed E-state index contributed by atoms with van der Waals surface area (Å²) in [6.45, 7) is 7.19. The van der Waals surface area contributed by atoms with Crippen molar-refractivity contribution in [1.82, 2.24) is 19.7 Å². The number of ether oxygens (including phenoxy) is 1. The second-order valence-corrected chi connectivity index (χ2v) is 6.84. The third-order valence-electron chi connectivity index (χ3n) is 4.92. The van der Waals surface area contributed by atoms with E-state index in [9.17, 15) is 4.39 Å². The second kappa shape index (κ2) is 7.63. The van der Waals surface area contributed by atoms with Gasteiger partial charge in [0.15, 0.2) is 11.6 Å². The van der Waals surface area contributed by atoms with Gasteiger partial charge in [-0.3, -0.25) is 0 Å². The zero-order chi connectivity index (χ0) is 20.5. The molecule has 0 atom stereocenters. The molecule has 3 heterocycles. The van der Waals surface area contributed by atoms with E-state index in [1.807, 2.05) is 31.4 Å². The summed E-state index contributed by atoms with van der Waals surface area (Å²) in [6, 6.07) is 7.98. The first-order chi connectivity index (χ1) is 14.0. The number of pyridine rings is 1. The SMILES string of the molecule is CCOCc1nc2c(N)nc(C)c(C)c2n1Cc1cc(-c2ccc(F)cc2)no1. The lowest BCUT2D eigenvalue weighted by atomic mass is 10.1. The van der Waals surface area contributed by atoms with E-state index in [0.717, 1.165) is 28.2 Å². The molecule has 0 saturated carbocycles. The molecule has 150 valence electrons. The fourth-order valence-electron chi connectivity index (χ4n) is 3.32. The minimum absolute atomic E-state index is 0.292. The van der Waals surface area contributed by atoms with Gasteiger partial charge in [0.05, 0.1) is 12.1 Å². The number of nitrogens with zero attached hydrogens (tertiary/aromatic N) is 4. The monoisotopic (exact) mass is 395 g/mol. The predicted molar refractivity (Wildman–Crippen MR) is 108 cm³/mol. The van der Waals surface area contributed by atoms with Crippen LogP contribution >= 0.6 is 0 Å². The molecule has 0 aliphatic heterocycles. The Morgan fingerprint density at radius 1 is 1.17 bits per heavy atom. The van der Waals surface area contributed by atoms with Crippen molar-refractivity contribution in [2.45, 2.75) is 33.9 Å². The Morgan fingerprint density at radius 3 is 2.66 bits per heavy atom. The molecule has 2 N–H and O–H groups in total. The van der Waals surface area contributed by atoms with E-state index in [1.165, 1.54) is 12.1 Å². The topological polar surface area (TPSA) is 92.0 Å². The van der Waals surface area contributed by atoms with Gasteiger partial charge < -0.3 is 19.6 Å². The molecule has 1 aromatic carbocycles. The van der Waals surface area contributed by atoms with E-state index in [2.05, 4.69) is 15.1 Å². The van der Waals surface area contributed by atoms with E-state index in [4.69, 9.17) is 15.0 Å². The number of aromatic nitrogens is 4. The van der Waals surface area contributed by atoms with Crippen molar-refractivity contribution in [3.8, 4) is 11.3 Å². The third kappa shape index (κ3) is 3.58. The molecule has 0 aliphatic rings. The number of nitrogen functional groups attached to an aromatic ring is 1. The molecule has 0 radical (unpaired) electrons. The lowest BCUT2D eigenvalue weighted by Gasteiger charge is -2.10. The zero-order valence-corrected chi connectivity index (χ0v) is 16.6. The highest BCUT2D eigenvalue weighted by molar-refractivity contribution is 5.88. The van der Waals surface area contributed by atoms with Crippen LogP contribution in [0.15, 0.2) is 34.9 Å². The smallest absolute Gasteiger partial charge is 0.157 e. The predicted octanol–water partition coefficient (Wildman–Crippen LogP) is 4.01. The number of hydrogen-bond acceptors (Lipinski definition) is 6. The second-order valence-electron chi connectivity index (χ2n) is 6.84. The van der Waals surface area contributed by atoms with E-state index < -0.39 is 0 Å². The maximum absolute atomic E-state index is 13.2. The largest absolute Gasteiger partial charge is 0.382 e. The van der Waals surface area contributed by atoms with Gasteiger partial charge in [-0.05, 0) is 50.6 Å². The Balaban J connectivity index is 1.76. The molecule has 0 amide bonds. The van der Waals surface area contributed by atoms with Gasteiger partial charge in [-0.1, -0.05) is 5.16 Å². The molecule has 4 rings (SSSR count). The molecule has 0 aliphatic carbocycles. The normalized spacial score (nSPS) is 11.4. The highest BCUT2D eigenvalue weighted by Crippen LogP contribution is 2.28. The number of rotatable bonds is 6. The van der Waals surface area contributed by atoms with E-state index in [0.29, 0.717) is 42.5 Å². The van der Waals surface area contributed by atoms with Crippen molar-refractivity contribution >= 4 is 16.9 Å². The molecule has 3 aromatic heterocycles. The molecule has 0 saturated heterocycles. The minimum atomic E-state index is -0.292. The average molecular weight is 395 g/mol. The Hall–Kier alpha value is -3.26. The zero-order valence-electron chi connectivity index (χ0n) is 16.6. The summed E-state index contributed by atoms with van der Waals surface area (Å²) in [5.74, 6) is 1.49. The highest BCUT2D eigenvalue weighted by Gasteiger charge is 2.19.